The number of ether oxygens (including phenoxy) is 1. The van der Waals surface area contributed by atoms with Crippen molar-refractivity contribution in [2.24, 2.45) is 5.10 Å². The number of rotatable bonds is 7. The van der Waals surface area contributed by atoms with E-state index >= 15 is 0 Å². The summed E-state index contributed by atoms with van der Waals surface area (Å²) in [5, 5.41) is 14.4. The molecule has 0 aliphatic rings. The van der Waals surface area contributed by atoms with Crippen molar-refractivity contribution in [3.05, 3.63) is 82.4 Å². The number of hydrogen-bond donors (Lipinski definition) is 1. The van der Waals surface area contributed by atoms with Gasteiger partial charge in [0.15, 0.2) is 18.2 Å². The zero-order chi connectivity index (χ0) is 19.9. The molecule has 1 amide bonds. The van der Waals surface area contributed by atoms with Crippen LogP contribution in [0.15, 0.2) is 70.2 Å². The summed E-state index contributed by atoms with van der Waals surface area (Å²) in [4.78, 5) is 21.9. The molecule has 2 aromatic carbocycles. The maximum Gasteiger partial charge on any atom is 0.277 e. The minimum absolute atomic E-state index is 0.0163. The molecule has 0 aliphatic heterocycles. The summed E-state index contributed by atoms with van der Waals surface area (Å²) in [5.74, 6) is -0.301. The largest absolute Gasteiger partial charge is 0.481 e. The number of nitrogens with one attached hydrogen (secondary N) is 1. The van der Waals surface area contributed by atoms with Gasteiger partial charge in [-0.2, -0.15) is 5.10 Å². The van der Waals surface area contributed by atoms with E-state index in [0.29, 0.717) is 17.1 Å². The lowest BCUT2D eigenvalue weighted by atomic mass is 10.1. The second-order valence-electron chi connectivity index (χ2n) is 5.52. The lowest BCUT2D eigenvalue weighted by molar-refractivity contribution is -0.384. The Morgan fingerprint density at radius 1 is 1.18 bits per heavy atom. The number of halogens is 1. The summed E-state index contributed by atoms with van der Waals surface area (Å²) < 4.78 is 24.0. The van der Waals surface area contributed by atoms with Gasteiger partial charge < -0.3 is 9.15 Å². The average Bonchev–Trinajstić information content (AvgIpc) is 3.16. The minimum Gasteiger partial charge on any atom is -0.481 e. The highest BCUT2D eigenvalue weighted by atomic mass is 19.1. The number of hydrazone groups is 1. The second kappa shape index (κ2) is 8.58. The Kier molecular flexibility index (Phi) is 5.75. The van der Waals surface area contributed by atoms with Gasteiger partial charge >= 0.3 is 0 Å². The van der Waals surface area contributed by atoms with Gasteiger partial charge in [-0.25, -0.2) is 9.82 Å². The molecule has 0 aliphatic carbocycles. The number of nitro groups is 1. The highest BCUT2D eigenvalue weighted by molar-refractivity contribution is 5.81. The van der Waals surface area contributed by atoms with Crippen LogP contribution in [0.4, 0.5) is 10.1 Å². The Balaban J connectivity index is 1.53. The normalized spacial score (nSPS) is 10.8. The van der Waals surface area contributed by atoms with E-state index in [1.165, 1.54) is 36.5 Å². The van der Waals surface area contributed by atoms with Crippen molar-refractivity contribution >= 4 is 17.8 Å². The van der Waals surface area contributed by atoms with Crippen LogP contribution in [0, 0.1) is 15.9 Å². The Hall–Kier alpha value is -4.01. The zero-order valence-electron chi connectivity index (χ0n) is 14.4. The molecule has 0 saturated carbocycles. The number of benzene rings is 2. The molecule has 0 fully saturated rings. The molecule has 0 unspecified atom stereocenters. The highest BCUT2D eigenvalue weighted by Crippen LogP contribution is 2.24. The Morgan fingerprint density at radius 3 is 2.64 bits per heavy atom. The van der Waals surface area contributed by atoms with E-state index in [1.54, 1.807) is 30.3 Å². The number of para-hydroxylation sites is 1. The van der Waals surface area contributed by atoms with Gasteiger partial charge in [-0.15, -0.1) is 0 Å². The van der Waals surface area contributed by atoms with Crippen molar-refractivity contribution in [2.75, 3.05) is 6.61 Å². The van der Waals surface area contributed by atoms with Crippen molar-refractivity contribution in [3.8, 4) is 17.1 Å². The first-order chi connectivity index (χ1) is 13.5. The standard InChI is InChI=1S/C19H14FN3O5/c20-16-3-1-2-4-18(16)27-12-19(24)22-21-11-15-9-10-17(28-15)13-5-7-14(8-6-13)23(25)26/h1-11H,12H2,(H,22,24)/b21-11-. The molecule has 142 valence electrons. The molecule has 0 spiro atoms. The summed E-state index contributed by atoms with van der Waals surface area (Å²) in [6.45, 7) is -0.398. The Morgan fingerprint density at radius 2 is 1.93 bits per heavy atom. The molecule has 0 radical (unpaired) electrons. The quantitative estimate of drug-likeness (QED) is 0.382. The molecule has 0 bridgehead atoms. The van der Waals surface area contributed by atoms with Gasteiger partial charge in [0.2, 0.25) is 0 Å². The van der Waals surface area contributed by atoms with Gasteiger partial charge in [-0.1, -0.05) is 12.1 Å². The van der Waals surface area contributed by atoms with Crippen molar-refractivity contribution < 1.29 is 23.3 Å². The van der Waals surface area contributed by atoms with E-state index in [4.69, 9.17) is 9.15 Å². The molecule has 1 N–H and O–H groups in total. The van der Waals surface area contributed by atoms with Gasteiger partial charge in [0.1, 0.15) is 11.5 Å². The summed E-state index contributed by atoms with van der Waals surface area (Å²) in [6, 6.07) is 14.9. The van der Waals surface area contributed by atoms with E-state index in [9.17, 15) is 19.3 Å². The maximum atomic E-state index is 13.4. The first kappa shape index (κ1) is 18.8. The summed E-state index contributed by atoms with van der Waals surface area (Å²) in [6.07, 6.45) is 1.29. The number of carbonyl (C=O) groups is 1. The summed E-state index contributed by atoms with van der Waals surface area (Å²) >= 11 is 0. The molecule has 3 rings (SSSR count). The van der Waals surface area contributed by atoms with Crippen LogP contribution in [-0.2, 0) is 4.79 Å². The van der Waals surface area contributed by atoms with E-state index in [2.05, 4.69) is 10.5 Å². The minimum atomic E-state index is -0.568. The third-order valence-electron chi connectivity index (χ3n) is 3.57. The number of hydrogen-bond acceptors (Lipinski definition) is 6. The fraction of sp³-hybridized carbons (Fsp3) is 0.0526. The molecule has 0 saturated heterocycles. The molecule has 0 atom stereocenters. The molecule has 1 aromatic heterocycles. The van der Waals surface area contributed by atoms with Crippen molar-refractivity contribution in [3.63, 3.8) is 0 Å². The fourth-order valence-electron chi connectivity index (χ4n) is 2.23. The molecule has 28 heavy (non-hydrogen) atoms. The summed E-state index contributed by atoms with van der Waals surface area (Å²) in [7, 11) is 0. The number of non-ortho nitro benzene ring substituents is 1. The Bertz CT molecular complexity index is 1010. The van der Waals surface area contributed by atoms with Crippen molar-refractivity contribution in [2.45, 2.75) is 0 Å². The topological polar surface area (TPSA) is 107 Å². The maximum absolute atomic E-state index is 13.4. The summed E-state index contributed by atoms with van der Waals surface area (Å²) in [5.41, 5.74) is 2.88. The number of amides is 1. The van der Waals surface area contributed by atoms with E-state index in [-0.39, 0.29) is 11.4 Å². The zero-order valence-corrected chi connectivity index (χ0v) is 14.4. The van der Waals surface area contributed by atoms with Crippen LogP contribution in [-0.4, -0.2) is 23.7 Å². The predicted molar refractivity (Wildman–Crippen MR) is 98.4 cm³/mol. The molecular formula is C19H14FN3O5. The van der Waals surface area contributed by atoms with Crippen molar-refractivity contribution in [1.82, 2.24) is 5.43 Å². The monoisotopic (exact) mass is 383 g/mol. The number of nitro benzene ring substituents is 1. The second-order valence-corrected chi connectivity index (χ2v) is 5.52. The Labute approximate surface area is 158 Å². The molecule has 3 aromatic rings. The average molecular weight is 383 g/mol. The lowest BCUT2D eigenvalue weighted by Crippen LogP contribution is -2.24. The van der Waals surface area contributed by atoms with Crippen LogP contribution in [0.3, 0.4) is 0 Å². The molecule has 8 nitrogen and oxygen atoms in total. The van der Waals surface area contributed by atoms with Crippen LogP contribution >= 0.6 is 0 Å². The van der Waals surface area contributed by atoms with Crippen LogP contribution in [0.2, 0.25) is 0 Å². The SMILES string of the molecule is O=C(COc1ccccc1F)N/N=C\c1ccc(-c2ccc([N+](=O)[O-])cc2)o1. The van der Waals surface area contributed by atoms with Gasteiger partial charge in [0.25, 0.3) is 11.6 Å². The van der Waals surface area contributed by atoms with Crippen molar-refractivity contribution in [1.29, 1.82) is 0 Å². The predicted octanol–water partition coefficient (Wildman–Crippen LogP) is 3.52. The third-order valence-corrected chi connectivity index (χ3v) is 3.57. The van der Waals surface area contributed by atoms with Crippen LogP contribution in [0.1, 0.15) is 5.76 Å². The fourth-order valence-corrected chi connectivity index (χ4v) is 2.23. The van der Waals surface area contributed by atoms with E-state index in [1.807, 2.05) is 0 Å². The molecule has 1 heterocycles. The van der Waals surface area contributed by atoms with Gasteiger partial charge in [0.05, 0.1) is 11.1 Å². The number of furan rings is 1. The van der Waals surface area contributed by atoms with Crippen LogP contribution in [0.5, 0.6) is 5.75 Å². The lowest BCUT2D eigenvalue weighted by Gasteiger charge is -2.05. The van der Waals surface area contributed by atoms with Gasteiger partial charge in [0, 0.05) is 17.7 Å². The first-order valence-corrected chi connectivity index (χ1v) is 8.07. The van der Waals surface area contributed by atoms with Gasteiger partial charge in [-0.05, 0) is 36.4 Å². The third kappa shape index (κ3) is 4.79. The van der Waals surface area contributed by atoms with E-state index < -0.39 is 23.3 Å². The van der Waals surface area contributed by atoms with Gasteiger partial charge in [-0.3, -0.25) is 14.9 Å². The number of carbonyl (C=O) groups excluding carboxylic acids is 1. The number of nitrogens with zero attached hydrogens (tertiary/aromatic N) is 2. The first-order valence-electron chi connectivity index (χ1n) is 8.07. The smallest absolute Gasteiger partial charge is 0.277 e. The van der Waals surface area contributed by atoms with Crippen LogP contribution < -0.4 is 10.2 Å². The molecular weight excluding hydrogens is 369 g/mol. The molecule has 9 heteroatoms. The highest BCUT2D eigenvalue weighted by Gasteiger charge is 2.08. The van der Waals surface area contributed by atoms with E-state index in [0.717, 1.165) is 0 Å². The van der Waals surface area contributed by atoms with Crippen LogP contribution in [0.25, 0.3) is 11.3 Å².